The maximum absolute atomic E-state index is 14.9. The molecule has 9 heteroatoms. The molecule has 1 aromatic heterocycles. The second kappa shape index (κ2) is 8.81. The van der Waals surface area contributed by atoms with Crippen LogP contribution in [0.3, 0.4) is 0 Å². The summed E-state index contributed by atoms with van der Waals surface area (Å²) in [6.45, 7) is 7.63. The van der Waals surface area contributed by atoms with E-state index in [1.807, 2.05) is 0 Å². The maximum Gasteiger partial charge on any atom is 0.139 e. The number of nitrogens with zero attached hydrogens (tertiary/aromatic N) is 2. The van der Waals surface area contributed by atoms with Crippen molar-refractivity contribution in [3.8, 4) is 0 Å². The average Bonchev–Trinajstić information content (AvgIpc) is 3.03. The Kier molecular flexibility index (Phi) is 6.80. The van der Waals surface area contributed by atoms with Crippen molar-refractivity contribution >= 4 is 46.5 Å². The van der Waals surface area contributed by atoms with Crippen molar-refractivity contribution < 1.29 is 18.6 Å². The third-order valence-corrected chi connectivity index (χ3v) is 7.51. The SMILES string of the molecule is C[Si](C)(C)CCOCn1ncc2c(Br)c(C(O)c3cc(F)ccc3Cl)c(F)cc21. The molecule has 3 rings (SSSR count). The minimum Gasteiger partial charge on any atom is -0.383 e. The maximum atomic E-state index is 14.9. The van der Waals surface area contributed by atoms with Gasteiger partial charge in [-0.3, -0.25) is 0 Å². The number of aliphatic hydroxyl groups excluding tert-OH is 1. The molecule has 0 radical (unpaired) electrons. The van der Waals surface area contributed by atoms with E-state index < -0.39 is 25.8 Å². The van der Waals surface area contributed by atoms with Gasteiger partial charge in [0.25, 0.3) is 0 Å². The number of ether oxygens (including phenoxy) is 1. The lowest BCUT2D eigenvalue weighted by molar-refractivity contribution is 0.0816. The Hall–Kier alpha value is -1.32. The molecule has 1 unspecified atom stereocenters. The van der Waals surface area contributed by atoms with Crippen LogP contribution in [0.4, 0.5) is 8.78 Å². The molecule has 0 bridgehead atoms. The summed E-state index contributed by atoms with van der Waals surface area (Å²) in [6, 6.07) is 5.92. The molecular weight excluding hydrogens is 482 g/mol. The molecular formula is C20H22BrClF2N2O2Si. The molecule has 29 heavy (non-hydrogen) atoms. The summed E-state index contributed by atoms with van der Waals surface area (Å²) in [5.41, 5.74) is 0.598. The lowest BCUT2D eigenvalue weighted by Gasteiger charge is -2.17. The molecule has 0 aliphatic heterocycles. The van der Waals surface area contributed by atoms with E-state index >= 15 is 0 Å². The van der Waals surface area contributed by atoms with Gasteiger partial charge in [-0.2, -0.15) is 5.10 Å². The van der Waals surface area contributed by atoms with Crippen molar-refractivity contribution in [2.75, 3.05) is 6.61 Å². The summed E-state index contributed by atoms with van der Waals surface area (Å²) in [6.07, 6.45) is 0.137. The Morgan fingerprint density at radius 2 is 2.00 bits per heavy atom. The molecule has 0 saturated carbocycles. The van der Waals surface area contributed by atoms with Gasteiger partial charge in [0.2, 0.25) is 0 Å². The molecule has 0 aliphatic rings. The monoisotopic (exact) mass is 502 g/mol. The highest BCUT2D eigenvalue weighted by Gasteiger charge is 2.24. The van der Waals surface area contributed by atoms with E-state index in [0.717, 1.165) is 12.1 Å². The third-order valence-electron chi connectivity index (χ3n) is 4.61. The van der Waals surface area contributed by atoms with Crippen molar-refractivity contribution in [1.82, 2.24) is 9.78 Å². The first-order chi connectivity index (χ1) is 13.6. The number of aliphatic hydroxyl groups is 1. The molecule has 4 nitrogen and oxygen atoms in total. The van der Waals surface area contributed by atoms with Gasteiger partial charge < -0.3 is 9.84 Å². The van der Waals surface area contributed by atoms with Crippen molar-refractivity contribution in [3.05, 3.63) is 62.7 Å². The predicted octanol–water partition coefficient (Wildman–Crippen LogP) is 6.12. The molecule has 2 aromatic carbocycles. The lowest BCUT2D eigenvalue weighted by atomic mass is 9.99. The van der Waals surface area contributed by atoms with E-state index in [1.54, 1.807) is 10.9 Å². The van der Waals surface area contributed by atoms with Crippen molar-refractivity contribution in [3.63, 3.8) is 0 Å². The quantitative estimate of drug-likeness (QED) is 0.312. The van der Waals surface area contributed by atoms with E-state index in [4.69, 9.17) is 16.3 Å². The van der Waals surface area contributed by atoms with Crippen LogP contribution in [0.15, 0.2) is 34.9 Å². The highest BCUT2D eigenvalue weighted by atomic mass is 79.9. The Morgan fingerprint density at radius 3 is 2.69 bits per heavy atom. The largest absolute Gasteiger partial charge is 0.383 e. The van der Waals surface area contributed by atoms with Crippen molar-refractivity contribution in [2.24, 2.45) is 0 Å². The number of aromatic nitrogens is 2. The van der Waals surface area contributed by atoms with E-state index in [2.05, 4.69) is 40.7 Å². The predicted molar refractivity (Wildman–Crippen MR) is 117 cm³/mol. The normalized spacial score (nSPS) is 13.2. The van der Waals surface area contributed by atoms with Gasteiger partial charge in [-0.05, 0) is 40.2 Å². The minimum atomic E-state index is -1.44. The van der Waals surface area contributed by atoms with Gasteiger partial charge >= 0.3 is 0 Å². The summed E-state index contributed by atoms with van der Waals surface area (Å²) in [5, 5.41) is 15.7. The zero-order valence-electron chi connectivity index (χ0n) is 16.3. The van der Waals surface area contributed by atoms with E-state index in [0.29, 0.717) is 22.0 Å². The number of halogens is 4. The van der Waals surface area contributed by atoms with Crippen LogP contribution in [0.2, 0.25) is 30.7 Å². The van der Waals surface area contributed by atoms with Crippen LogP contribution in [0.5, 0.6) is 0 Å². The molecule has 0 spiro atoms. The zero-order chi connectivity index (χ0) is 21.3. The van der Waals surface area contributed by atoms with Gasteiger partial charge in [-0.1, -0.05) is 31.2 Å². The molecule has 1 heterocycles. The van der Waals surface area contributed by atoms with Gasteiger partial charge in [0.05, 0.1) is 11.7 Å². The fraction of sp³-hybridized carbons (Fsp3) is 0.350. The van der Waals surface area contributed by atoms with Gasteiger partial charge in [0.1, 0.15) is 24.5 Å². The molecule has 1 N–H and O–H groups in total. The Balaban J connectivity index is 1.91. The van der Waals surface area contributed by atoms with Crippen LogP contribution in [-0.4, -0.2) is 29.6 Å². The summed E-state index contributed by atoms with van der Waals surface area (Å²) in [7, 11) is -1.20. The van der Waals surface area contributed by atoms with Crippen LogP contribution in [0.1, 0.15) is 17.2 Å². The van der Waals surface area contributed by atoms with Gasteiger partial charge in [0, 0.05) is 46.8 Å². The average molecular weight is 504 g/mol. The molecule has 156 valence electrons. The minimum absolute atomic E-state index is 0.0239. The number of benzene rings is 2. The zero-order valence-corrected chi connectivity index (χ0v) is 19.7. The van der Waals surface area contributed by atoms with Gasteiger partial charge in [0.15, 0.2) is 0 Å². The van der Waals surface area contributed by atoms with Crippen LogP contribution in [0.25, 0.3) is 10.9 Å². The van der Waals surface area contributed by atoms with Crippen LogP contribution >= 0.6 is 27.5 Å². The van der Waals surface area contributed by atoms with Crippen LogP contribution < -0.4 is 0 Å². The van der Waals surface area contributed by atoms with Crippen LogP contribution in [0, 0.1) is 11.6 Å². The molecule has 0 aliphatic carbocycles. The Bertz CT molecular complexity index is 1040. The summed E-state index contributed by atoms with van der Waals surface area (Å²) in [5.74, 6) is -1.22. The van der Waals surface area contributed by atoms with Gasteiger partial charge in [-0.15, -0.1) is 0 Å². The van der Waals surface area contributed by atoms with Crippen molar-refractivity contribution in [1.29, 1.82) is 0 Å². The van der Waals surface area contributed by atoms with E-state index in [9.17, 15) is 13.9 Å². The molecule has 0 saturated heterocycles. The smallest absolute Gasteiger partial charge is 0.139 e. The fourth-order valence-electron chi connectivity index (χ4n) is 2.93. The van der Waals surface area contributed by atoms with Crippen LogP contribution in [-0.2, 0) is 11.5 Å². The van der Waals surface area contributed by atoms with Gasteiger partial charge in [-0.25, -0.2) is 13.5 Å². The molecule has 1 atom stereocenters. The first kappa shape index (κ1) is 22.4. The summed E-state index contributed by atoms with van der Waals surface area (Å²) >= 11 is 9.45. The Labute approximate surface area is 182 Å². The molecule has 0 amide bonds. The third kappa shape index (κ3) is 5.06. The molecule has 3 aromatic rings. The fourth-order valence-corrected chi connectivity index (χ4v) is 4.62. The molecule has 0 fully saturated rings. The summed E-state index contributed by atoms with van der Waals surface area (Å²) < 4.78 is 36.2. The standard InChI is InChI=1S/C20H22BrClF2N2O2Si/c1-29(2,3)7-6-28-11-26-17-9-16(24)18(19(21)14(17)10-25-26)20(27)13-8-12(23)4-5-15(13)22/h4-5,8-10,20,27H,6-7,11H2,1-3H3. The second-order valence-corrected chi connectivity index (χ2v) is 14.9. The lowest BCUT2D eigenvalue weighted by Crippen LogP contribution is -2.22. The highest BCUT2D eigenvalue weighted by Crippen LogP contribution is 2.38. The topological polar surface area (TPSA) is 47.3 Å². The number of fused-ring (bicyclic) bond motifs is 1. The van der Waals surface area contributed by atoms with E-state index in [1.165, 1.54) is 18.2 Å². The van der Waals surface area contributed by atoms with E-state index in [-0.39, 0.29) is 22.9 Å². The summed E-state index contributed by atoms with van der Waals surface area (Å²) in [4.78, 5) is 0. The highest BCUT2D eigenvalue weighted by molar-refractivity contribution is 9.10. The second-order valence-electron chi connectivity index (χ2n) is 8.08. The number of hydrogen-bond donors (Lipinski definition) is 1. The number of rotatable bonds is 7. The number of hydrogen-bond acceptors (Lipinski definition) is 3. The first-order valence-corrected chi connectivity index (χ1v) is 14.0. The van der Waals surface area contributed by atoms with Crippen molar-refractivity contribution in [2.45, 2.75) is 38.5 Å². The first-order valence-electron chi connectivity index (χ1n) is 9.12. The Morgan fingerprint density at radius 1 is 1.28 bits per heavy atom.